The Labute approximate surface area is 120 Å². The molecule has 0 N–H and O–H groups in total. The summed E-state index contributed by atoms with van der Waals surface area (Å²) >= 11 is 0. The Morgan fingerprint density at radius 1 is 1.40 bits per heavy atom. The smallest absolute Gasteiger partial charge is 0.210 e. The van der Waals surface area contributed by atoms with E-state index in [1.54, 1.807) is 13.2 Å². The van der Waals surface area contributed by atoms with E-state index < -0.39 is 10.0 Å². The van der Waals surface area contributed by atoms with Crippen molar-refractivity contribution in [3.8, 4) is 0 Å². The lowest BCUT2D eigenvalue weighted by Gasteiger charge is -2.34. The summed E-state index contributed by atoms with van der Waals surface area (Å²) in [7, 11) is -1.43. The Balaban J connectivity index is 1.90. The van der Waals surface area contributed by atoms with Gasteiger partial charge in [0.1, 0.15) is 11.6 Å². The van der Waals surface area contributed by atoms with Crippen LogP contribution in [0.3, 0.4) is 0 Å². The molecule has 0 radical (unpaired) electrons. The SMILES string of the molecule is Cc1nccc(N2CCC(CN(C)S(C)(=O)=O)CC2)n1. The molecule has 1 fully saturated rings. The van der Waals surface area contributed by atoms with Gasteiger partial charge in [-0.25, -0.2) is 22.7 Å². The lowest BCUT2D eigenvalue weighted by molar-refractivity contribution is 0.328. The molecular weight excluding hydrogens is 276 g/mol. The summed E-state index contributed by atoms with van der Waals surface area (Å²) in [5, 5.41) is 0. The van der Waals surface area contributed by atoms with E-state index in [0.29, 0.717) is 12.5 Å². The van der Waals surface area contributed by atoms with Crippen molar-refractivity contribution in [3.63, 3.8) is 0 Å². The first-order chi connectivity index (χ1) is 9.36. The molecule has 1 saturated heterocycles. The van der Waals surface area contributed by atoms with Crippen molar-refractivity contribution in [2.24, 2.45) is 5.92 Å². The average molecular weight is 298 g/mol. The van der Waals surface area contributed by atoms with Crippen LogP contribution in [0.1, 0.15) is 18.7 Å². The Morgan fingerprint density at radius 2 is 2.05 bits per heavy atom. The van der Waals surface area contributed by atoms with Gasteiger partial charge in [0.25, 0.3) is 0 Å². The molecule has 0 aliphatic carbocycles. The molecule has 2 rings (SSSR count). The normalized spacial score (nSPS) is 17.7. The Hall–Kier alpha value is -1.21. The molecule has 0 bridgehead atoms. The second-order valence-corrected chi connectivity index (χ2v) is 7.53. The van der Waals surface area contributed by atoms with Gasteiger partial charge in [-0.1, -0.05) is 0 Å². The molecule has 20 heavy (non-hydrogen) atoms. The van der Waals surface area contributed by atoms with Crippen LogP contribution in [-0.2, 0) is 10.0 Å². The number of aromatic nitrogens is 2. The van der Waals surface area contributed by atoms with Crippen LogP contribution >= 0.6 is 0 Å². The van der Waals surface area contributed by atoms with Crippen LogP contribution in [0, 0.1) is 12.8 Å². The number of hydrogen-bond donors (Lipinski definition) is 0. The number of anilines is 1. The van der Waals surface area contributed by atoms with E-state index >= 15 is 0 Å². The molecule has 1 aromatic rings. The molecule has 1 aliphatic rings. The van der Waals surface area contributed by atoms with E-state index in [9.17, 15) is 8.42 Å². The molecule has 112 valence electrons. The second-order valence-electron chi connectivity index (χ2n) is 5.44. The summed E-state index contributed by atoms with van der Waals surface area (Å²) in [5.74, 6) is 2.17. The van der Waals surface area contributed by atoms with Gasteiger partial charge in [0.2, 0.25) is 10.0 Å². The van der Waals surface area contributed by atoms with Crippen LogP contribution in [0.5, 0.6) is 0 Å². The van der Waals surface area contributed by atoms with Crippen molar-refractivity contribution >= 4 is 15.8 Å². The van der Waals surface area contributed by atoms with Crippen LogP contribution in [0.4, 0.5) is 5.82 Å². The van der Waals surface area contributed by atoms with Crippen molar-refractivity contribution < 1.29 is 8.42 Å². The van der Waals surface area contributed by atoms with Gasteiger partial charge in [-0.3, -0.25) is 0 Å². The Kier molecular flexibility index (Phi) is 4.59. The largest absolute Gasteiger partial charge is 0.356 e. The maximum Gasteiger partial charge on any atom is 0.210 e. The molecule has 2 heterocycles. The van der Waals surface area contributed by atoms with Crippen molar-refractivity contribution in [1.82, 2.24) is 14.3 Å². The highest BCUT2D eigenvalue weighted by Gasteiger charge is 2.23. The molecule has 0 aromatic carbocycles. The molecular formula is C13H22N4O2S. The maximum absolute atomic E-state index is 11.4. The van der Waals surface area contributed by atoms with Gasteiger partial charge in [0.05, 0.1) is 6.26 Å². The second kappa shape index (κ2) is 6.05. The van der Waals surface area contributed by atoms with Crippen LogP contribution < -0.4 is 4.90 Å². The summed E-state index contributed by atoms with van der Waals surface area (Å²) in [5.41, 5.74) is 0. The fourth-order valence-corrected chi connectivity index (χ4v) is 2.95. The third kappa shape index (κ3) is 3.89. The van der Waals surface area contributed by atoms with E-state index in [2.05, 4.69) is 14.9 Å². The fourth-order valence-electron chi connectivity index (χ4n) is 2.46. The lowest BCUT2D eigenvalue weighted by Crippen LogP contribution is -2.39. The molecule has 0 saturated carbocycles. The average Bonchev–Trinajstić information content (AvgIpc) is 2.38. The van der Waals surface area contributed by atoms with Crippen LogP contribution in [0.2, 0.25) is 0 Å². The number of aryl methyl sites for hydroxylation is 1. The monoisotopic (exact) mass is 298 g/mol. The third-order valence-corrected chi connectivity index (χ3v) is 5.06. The standard InChI is InChI=1S/C13H22N4O2S/c1-11-14-7-4-13(15-11)17-8-5-12(6-9-17)10-16(2)20(3,18)19/h4,7,12H,5-6,8-10H2,1-3H3. The van der Waals surface area contributed by atoms with Crippen LogP contribution in [0.15, 0.2) is 12.3 Å². The van der Waals surface area contributed by atoms with E-state index in [1.807, 2.05) is 13.0 Å². The first-order valence-corrected chi connectivity index (χ1v) is 8.67. The minimum atomic E-state index is -3.07. The number of rotatable bonds is 4. The zero-order chi connectivity index (χ0) is 14.8. The van der Waals surface area contributed by atoms with Crippen molar-refractivity contribution in [2.75, 3.05) is 37.8 Å². The summed E-state index contributed by atoms with van der Waals surface area (Å²) < 4.78 is 24.3. The number of piperidine rings is 1. The van der Waals surface area contributed by atoms with Gasteiger partial charge in [-0.2, -0.15) is 0 Å². The molecule has 7 heteroatoms. The highest BCUT2D eigenvalue weighted by molar-refractivity contribution is 7.88. The van der Waals surface area contributed by atoms with Crippen molar-refractivity contribution in [2.45, 2.75) is 19.8 Å². The fraction of sp³-hybridized carbons (Fsp3) is 0.692. The zero-order valence-electron chi connectivity index (χ0n) is 12.3. The van der Waals surface area contributed by atoms with Crippen molar-refractivity contribution in [1.29, 1.82) is 0 Å². The van der Waals surface area contributed by atoms with E-state index in [1.165, 1.54) is 10.6 Å². The Bertz CT molecular complexity index is 553. The summed E-state index contributed by atoms with van der Waals surface area (Å²) in [4.78, 5) is 10.8. The van der Waals surface area contributed by atoms with Gasteiger partial charge in [-0.05, 0) is 31.7 Å². The molecule has 0 atom stereocenters. The van der Waals surface area contributed by atoms with E-state index in [4.69, 9.17) is 0 Å². The predicted octanol–water partition coefficient (Wildman–Crippen LogP) is 0.893. The minimum absolute atomic E-state index is 0.425. The summed E-state index contributed by atoms with van der Waals surface area (Å²) in [6.45, 7) is 4.32. The number of nitrogens with zero attached hydrogens (tertiary/aromatic N) is 4. The van der Waals surface area contributed by atoms with Gasteiger partial charge in [0.15, 0.2) is 0 Å². The third-order valence-electron chi connectivity index (χ3n) is 3.78. The van der Waals surface area contributed by atoms with E-state index in [0.717, 1.165) is 37.6 Å². The molecule has 1 aliphatic heterocycles. The molecule has 0 spiro atoms. The highest BCUT2D eigenvalue weighted by atomic mass is 32.2. The first kappa shape index (κ1) is 15.2. The quantitative estimate of drug-likeness (QED) is 0.826. The molecule has 6 nitrogen and oxygen atoms in total. The topological polar surface area (TPSA) is 66.4 Å². The number of sulfonamides is 1. The predicted molar refractivity (Wildman–Crippen MR) is 79.2 cm³/mol. The summed E-state index contributed by atoms with van der Waals surface area (Å²) in [6, 6.07) is 1.93. The zero-order valence-corrected chi connectivity index (χ0v) is 13.1. The van der Waals surface area contributed by atoms with Crippen molar-refractivity contribution in [3.05, 3.63) is 18.1 Å². The maximum atomic E-state index is 11.4. The van der Waals surface area contributed by atoms with Gasteiger partial charge < -0.3 is 4.90 Å². The highest BCUT2D eigenvalue weighted by Crippen LogP contribution is 2.22. The lowest BCUT2D eigenvalue weighted by atomic mass is 9.97. The molecule has 0 amide bonds. The van der Waals surface area contributed by atoms with Crippen LogP contribution in [0.25, 0.3) is 0 Å². The number of hydrogen-bond acceptors (Lipinski definition) is 5. The van der Waals surface area contributed by atoms with Crippen LogP contribution in [-0.4, -0.2) is 55.6 Å². The first-order valence-electron chi connectivity index (χ1n) is 6.82. The van der Waals surface area contributed by atoms with Gasteiger partial charge >= 0.3 is 0 Å². The molecule has 0 unspecified atom stereocenters. The van der Waals surface area contributed by atoms with E-state index in [-0.39, 0.29) is 0 Å². The Morgan fingerprint density at radius 3 is 2.60 bits per heavy atom. The van der Waals surface area contributed by atoms with Gasteiger partial charge in [0, 0.05) is 32.9 Å². The minimum Gasteiger partial charge on any atom is -0.356 e. The van der Waals surface area contributed by atoms with Gasteiger partial charge in [-0.15, -0.1) is 0 Å². The molecule has 1 aromatic heterocycles. The summed E-state index contributed by atoms with van der Waals surface area (Å²) in [6.07, 6.45) is 5.01.